The van der Waals surface area contributed by atoms with Crippen molar-refractivity contribution in [2.75, 3.05) is 13.7 Å². The van der Waals surface area contributed by atoms with Crippen molar-refractivity contribution in [3.05, 3.63) is 29.3 Å². The highest BCUT2D eigenvalue weighted by atomic mass is 16.5. The Morgan fingerprint density at radius 2 is 2.23 bits per heavy atom. The number of ether oxygens (including phenoxy) is 1. The number of ketones is 1. The molecule has 2 fully saturated rings. The van der Waals surface area contributed by atoms with Crippen LogP contribution in [0.4, 0.5) is 0 Å². The van der Waals surface area contributed by atoms with Gasteiger partial charge >= 0.3 is 0 Å². The number of methoxy groups -OCH3 is 1. The summed E-state index contributed by atoms with van der Waals surface area (Å²) in [6, 6.07) is 7.03. The molecule has 1 aromatic rings. The van der Waals surface area contributed by atoms with Crippen LogP contribution in [-0.2, 0) is 16.6 Å². The molecule has 4 atom stereocenters. The first-order valence-electron chi connectivity index (χ1n) is 8.60. The van der Waals surface area contributed by atoms with Gasteiger partial charge in [0.2, 0.25) is 0 Å². The lowest BCUT2D eigenvalue weighted by molar-refractivity contribution is -0.128. The zero-order valence-electron chi connectivity index (χ0n) is 13.5. The average molecular weight is 299 g/mol. The number of hydrogen-bond acceptors (Lipinski definition) is 3. The van der Waals surface area contributed by atoms with Crippen LogP contribution in [0.3, 0.4) is 0 Å². The lowest BCUT2D eigenvalue weighted by Gasteiger charge is -2.58. The molecule has 0 radical (unpaired) electrons. The molecule has 1 aromatic carbocycles. The highest BCUT2D eigenvalue weighted by Crippen LogP contribution is 2.56. The van der Waals surface area contributed by atoms with Gasteiger partial charge < -0.3 is 10.1 Å². The van der Waals surface area contributed by atoms with E-state index in [0.29, 0.717) is 23.7 Å². The fraction of sp³-hybridized carbons (Fsp3) is 0.632. The standard InChI is InChI=1S/C19H25NO2/c1-3-12-8-14(21)11-19-6-7-20-17(18(12)19)9-13-4-5-15(22-2)10-16(13)19/h4-5,10,12,17-18,20H,3,6-9,11H2,1-2H3/t12-,17+,18-,19+/m0/s1. The monoisotopic (exact) mass is 299 g/mol. The van der Waals surface area contributed by atoms with E-state index in [4.69, 9.17) is 4.74 Å². The number of carbonyl (C=O) groups is 1. The number of carbonyl (C=O) groups excluding carboxylic acids is 1. The van der Waals surface area contributed by atoms with E-state index >= 15 is 0 Å². The van der Waals surface area contributed by atoms with Gasteiger partial charge in [0.1, 0.15) is 11.5 Å². The molecule has 0 spiro atoms. The molecule has 1 saturated carbocycles. The Morgan fingerprint density at radius 1 is 1.36 bits per heavy atom. The van der Waals surface area contributed by atoms with E-state index in [1.807, 2.05) is 0 Å². The van der Waals surface area contributed by atoms with Crippen LogP contribution in [0.1, 0.15) is 43.7 Å². The lowest BCUT2D eigenvalue weighted by atomic mass is 9.49. The van der Waals surface area contributed by atoms with Gasteiger partial charge in [-0.25, -0.2) is 0 Å². The first kappa shape index (κ1) is 14.3. The summed E-state index contributed by atoms with van der Waals surface area (Å²) in [5.74, 6) is 2.51. The minimum Gasteiger partial charge on any atom is -0.497 e. The van der Waals surface area contributed by atoms with Crippen molar-refractivity contribution in [3.8, 4) is 5.75 Å². The van der Waals surface area contributed by atoms with Crippen molar-refractivity contribution in [2.24, 2.45) is 11.8 Å². The molecule has 22 heavy (non-hydrogen) atoms. The second kappa shape index (κ2) is 5.09. The molecule has 3 nitrogen and oxygen atoms in total. The SMILES string of the molecule is CC[C@H]1CC(=O)C[C@]23CCN[C@H](Cc4ccc(OC)cc42)[C@H]13. The molecule has 4 rings (SSSR count). The lowest BCUT2D eigenvalue weighted by Crippen LogP contribution is -2.63. The van der Waals surface area contributed by atoms with E-state index in [-0.39, 0.29) is 5.41 Å². The second-order valence-corrected chi connectivity index (χ2v) is 7.31. The van der Waals surface area contributed by atoms with Crippen molar-refractivity contribution < 1.29 is 9.53 Å². The average Bonchev–Trinajstić information content (AvgIpc) is 2.53. The fourth-order valence-corrected chi connectivity index (χ4v) is 5.56. The van der Waals surface area contributed by atoms with Gasteiger partial charge in [-0.05, 0) is 54.5 Å². The van der Waals surface area contributed by atoms with E-state index in [9.17, 15) is 4.79 Å². The van der Waals surface area contributed by atoms with Crippen LogP contribution in [0, 0.1) is 11.8 Å². The maximum Gasteiger partial charge on any atom is 0.134 e. The minimum absolute atomic E-state index is 0.0497. The van der Waals surface area contributed by atoms with E-state index in [0.717, 1.165) is 44.4 Å². The van der Waals surface area contributed by atoms with Crippen molar-refractivity contribution >= 4 is 5.78 Å². The Morgan fingerprint density at radius 3 is 3.00 bits per heavy atom. The van der Waals surface area contributed by atoms with Crippen molar-refractivity contribution in [2.45, 2.75) is 50.5 Å². The molecule has 1 heterocycles. The van der Waals surface area contributed by atoms with Crippen molar-refractivity contribution in [1.82, 2.24) is 5.32 Å². The summed E-state index contributed by atoms with van der Waals surface area (Å²) in [4.78, 5) is 12.5. The molecule has 1 N–H and O–H groups in total. The van der Waals surface area contributed by atoms with Crippen LogP contribution in [0.5, 0.6) is 5.75 Å². The Kier molecular flexibility index (Phi) is 3.30. The maximum absolute atomic E-state index is 12.5. The highest BCUT2D eigenvalue weighted by molar-refractivity contribution is 5.82. The molecule has 0 unspecified atom stereocenters. The molecule has 118 valence electrons. The zero-order chi connectivity index (χ0) is 15.3. The number of hydrogen-bond donors (Lipinski definition) is 1. The summed E-state index contributed by atoms with van der Waals surface area (Å²) in [5, 5.41) is 3.75. The first-order chi connectivity index (χ1) is 10.7. The van der Waals surface area contributed by atoms with Crippen LogP contribution < -0.4 is 10.1 Å². The van der Waals surface area contributed by atoms with E-state index in [1.54, 1.807) is 7.11 Å². The van der Waals surface area contributed by atoms with Gasteiger partial charge in [-0.15, -0.1) is 0 Å². The third kappa shape index (κ3) is 1.88. The molecule has 1 saturated heterocycles. The minimum atomic E-state index is 0.0497. The van der Waals surface area contributed by atoms with Crippen molar-refractivity contribution in [1.29, 1.82) is 0 Å². The summed E-state index contributed by atoms with van der Waals surface area (Å²) >= 11 is 0. The van der Waals surface area contributed by atoms with Crippen molar-refractivity contribution in [3.63, 3.8) is 0 Å². The predicted molar refractivity (Wildman–Crippen MR) is 86.3 cm³/mol. The first-order valence-corrected chi connectivity index (χ1v) is 8.60. The number of Topliss-reactive ketones (excluding diaryl/α,β-unsaturated/α-hetero) is 1. The zero-order valence-corrected chi connectivity index (χ0v) is 13.5. The molecular weight excluding hydrogens is 274 g/mol. The highest BCUT2D eigenvalue weighted by Gasteiger charge is 2.56. The number of rotatable bonds is 2. The van der Waals surface area contributed by atoms with Crippen LogP contribution in [0.25, 0.3) is 0 Å². The molecule has 1 aliphatic heterocycles. The summed E-state index contributed by atoms with van der Waals surface area (Å²) in [6.07, 6.45) is 4.79. The second-order valence-electron chi connectivity index (χ2n) is 7.31. The Bertz CT molecular complexity index is 611. The molecule has 2 bridgehead atoms. The third-order valence-electron chi connectivity index (χ3n) is 6.38. The normalized spacial score (nSPS) is 36.5. The predicted octanol–water partition coefficient (Wildman–Crippen LogP) is 2.86. The van der Waals surface area contributed by atoms with Gasteiger partial charge in [-0.2, -0.15) is 0 Å². The van der Waals surface area contributed by atoms with E-state index < -0.39 is 0 Å². The maximum atomic E-state index is 12.5. The quantitative estimate of drug-likeness (QED) is 0.912. The molecule has 0 amide bonds. The number of nitrogens with one attached hydrogen (secondary N) is 1. The fourth-order valence-electron chi connectivity index (χ4n) is 5.56. The molecule has 3 aliphatic rings. The van der Waals surface area contributed by atoms with E-state index in [2.05, 4.69) is 30.4 Å². The Hall–Kier alpha value is -1.35. The number of benzene rings is 1. The summed E-state index contributed by atoms with van der Waals surface area (Å²) in [7, 11) is 1.73. The largest absolute Gasteiger partial charge is 0.497 e. The van der Waals surface area contributed by atoms with Gasteiger partial charge in [0.15, 0.2) is 0 Å². The summed E-state index contributed by atoms with van der Waals surface area (Å²) in [6.45, 7) is 3.27. The van der Waals surface area contributed by atoms with Crippen LogP contribution in [0.15, 0.2) is 18.2 Å². The van der Waals surface area contributed by atoms with Crippen LogP contribution in [-0.4, -0.2) is 25.5 Å². The van der Waals surface area contributed by atoms with Gasteiger partial charge in [0.25, 0.3) is 0 Å². The van der Waals surface area contributed by atoms with Gasteiger partial charge in [-0.3, -0.25) is 4.79 Å². The van der Waals surface area contributed by atoms with Gasteiger partial charge in [0, 0.05) is 24.3 Å². The number of fused-ring (bicyclic) bond motifs is 1. The molecule has 0 aromatic heterocycles. The van der Waals surface area contributed by atoms with Crippen LogP contribution in [0.2, 0.25) is 0 Å². The number of piperidine rings is 1. The molecular formula is C19H25NO2. The topological polar surface area (TPSA) is 38.3 Å². The smallest absolute Gasteiger partial charge is 0.134 e. The van der Waals surface area contributed by atoms with Crippen LogP contribution >= 0.6 is 0 Å². The molecule has 2 aliphatic carbocycles. The van der Waals surface area contributed by atoms with Gasteiger partial charge in [-0.1, -0.05) is 19.4 Å². The summed E-state index contributed by atoms with van der Waals surface area (Å²) < 4.78 is 5.47. The Labute approximate surface area is 132 Å². The third-order valence-corrected chi connectivity index (χ3v) is 6.38. The summed E-state index contributed by atoms with van der Waals surface area (Å²) in [5.41, 5.74) is 2.87. The Balaban J connectivity index is 1.90. The molecule has 3 heteroatoms. The van der Waals surface area contributed by atoms with Gasteiger partial charge in [0.05, 0.1) is 7.11 Å². The van der Waals surface area contributed by atoms with E-state index in [1.165, 1.54) is 11.1 Å².